The van der Waals surface area contributed by atoms with Gasteiger partial charge < -0.3 is 0 Å². The fraction of sp³-hybridized carbons (Fsp3) is 0.500. The maximum Gasteiger partial charge on any atom is 0.123 e. The van der Waals surface area contributed by atoms with E-state index >= 15 is 0 Å². The van der Waals surface area contributed by atoms with Gasteiger partial charge in [-0.3, -0.25) is 0 Å². The van der Waals surface area contributed by atoms with E-state index in [0.717, 1.165) is 5.75 Å². The molecule has 0 heterocycles. The van der Waals surface area contributed by atoms with E-state index < -0.39 is 0 Å². The van der Waals surface area contributed by atoms with E-state index in [0.29, 0.717) is 0 Å². The predicted molar refractivity (Wildman–Crippen MR) is 61.3 cm³/mol. The van der Waals surface area contributed by atoms with Crippen molar-refractivity contribution in [2.75, 3.05) is 5.75 Å². The summed E-state index contributed by atoms with van der Waals surface area (Å²) in [6.45, 7) is 2.22. The van der Waals surface area contributed by atoms with Gasteiger partial charge in [0.2, 0.25) is 0 Å². The molecule has 0 unspecified atom stereocenters. The van der Waals surface area contributed by atoms with Crippen molar-refractivity contribution in [2.24, 2.45) is 0 Å². The summed E-state index contributed by atoms with van der Waals surface area (Å²) in [5.74, 6) is 0.992. The molecule has 0 bridgehead atoms. The number of hydrogen-bond acceptors (Lipinski definition) is 1. The van der Waals surface area contributed by atoms with Crippen LogP contribution >= 0.6 is 11.8 Å². The predicted octanol–water partition coefficient (Wildman–Crippen LogP) is 4.50. The van der Waals surface area contributed by atoms with Crippen LogP contribution in [0, 0.1) is 5.82 Å². The third-order valence-corrected chi connectivity index (χ3v) is 3.18. The minimum Gasteiger partial charge on any atom is -0.207 e. The Bertz CT molecular complexity index is 243. The molecule has 1 aromatic rings. The maximum absolute atomic E-state index is 12.6. The van der Waals surface area contributed by atoms with Crippen LogP contribution < -0.4 is 0 Å². The van der Waals surface area contributed by atoms with Gasteiger partial charge in [-0.1, -0.05) is 26.2 Å². The molecule has 1 aromatic carbocycles. The first-order valence-corrected chi connectivity index (χ1v) is 6.20. The highest BCUT2D eigenvalue weighted by Gasteiger charge is 1.94. The molecule has 0 N–H and O–H groups in total. The van der Waals surface area contributed by atoms with E-state index in [1.54, 1.807) is 0 Å². The quantitative estimate of drug-likeness (QED) is 0.494. The van der Waals surface area contributed by atoms with Crippen molar-refractivity contribution in [3.63, 3.8) is 0 Å². The van der Waals surface area contributed by atoms with Crippen molar-refractivity contribution in [1.29, 1.82) is 0 Å². The molecule has 78 valence electrons. The minimum atomic E-state index is -0.152. The Morgan fingerprint density at radius 1 is 1.07 bits per heavy atom. The molecule has 0 aromatic heterocycles. The summed E-state index contributed by atoms with van der Waals surface area (Å²) in [7, 11) is 0. The van der Waals surface area contributed by atoms with Crippen molar-refractivity contribution >= 4 is 11.8 Å². The molecule has 0 saturated heterocycles. The number of halogens is 1. The van der Waals surface area contributed by atoms with E-state index in [1.165, 1.54) is 42.7 Å². The first-order chi connectivity index (χ1) is 6.83. The van der Waals surface area contributed by atoms with E-state index in [9.17, 15) is 4.39 Å². The Morgan fingerprint density at radius 2 is 1.79 bits per heavy atom. The molecule has 1 rings (SSSR count). The normalized spacial score (nSPS) is 10.4. The second-order valence-corrected chi connectivity index (χ2v) is 4.53. The Morgan fingerprint density at radius 3 is 2.43 bits per heavy atom. The van der Waals surface area contributed by atoms with Gasteiger partial charge in [0, 0.05) is 4.90 Å². The SMILES string of the molecule is CCCCCCSc1ccc(F)cc1. The number of rotatable bonds is 6. The topological polar surface area (TPSA) is 0 Å². The van der Waals surface area contributed by atoms with Gasteiger partial charge in [-0.15, -0.1) is 11.8 Å². The summed E-state index contributed by atoms with van der Waals surface area (Å²) in [5, 5.41) is 0. The average molecular weight is 212 g/mol. The van der Waals surface area contributed by atoms with Crippen LogP contribution in [-0.2, 0) is 0 Å². The molecule has 0 spiro atoms. The van der Waals surface area contributed by atoms with Crippen LogP contribution in [0.5, 0.6) is 0 Å². The molecule has 0 atom stereocenters. The van der Waals surface area contributed by atoms with Crippen LogP contribution in [0.2, 0.25) is 0 Å². The standard InChI is InChI=1S/C12H17FS/c1-2-3-4-5-10-14-12-8-6-11(13)7-9-12/h6-9H,2-5,10H2,1H3. The van der Waals surface area contributed by atoms with Gasteiger partial charge in [0.25, 0.3) is 0 Å². The molecule has 0 nitrogen and oxygen atoms in total. The van der Waals surface area contributed by atoms with Crippen LogP contribution in [0.1, 0.15) is 32.6 Å². The Balaban J connectivity index is 2.15. The van der Waals surface area contributed by atoms with Crippen molar-refractivity contribution in [3.8, 4) is 0 Å². The van der Waals surface area contributed by atoms with Crippen LogP contribution in [0.15, 0.2) is 29.2 Å². The molecular formula is C12H17FS. The molecular weight excluding hydrogens is 195 g/mol. The van der Waals surface area contributed by atoms with E-state index in [-0.39, 0.29) is 5.82 Å². The molecule has 0 saturated carbocycles. The third kappa shape index (κ3) is 4.66. The highest BCUT2D eigenvalue weighted by molar-refractivity contribution is 7.99. The van der Waals surface area contributed by atoms with Gasteiger partial charge in [-0.05, 0) is 36.4 Å². The number of hydrogen-bond donors (Lipinski definition) is 0. The van der Waals surface area contributed by atoms with Crippen LogP contribution in [-0.4, -0.2) is 5.75 Å². The molecule has 0 aliphatic rings. The molecule has 0 aliphatic heterocycles. The first-order valence-electron chi connectivity index (χ1n) is 5.21. The fourth-order valence-corrected chi connectivity index (χ4v) is 2.16. The van der Waals surface area contributed by atoms with Gasteiger partial charge in [0.15, 0.2) is 0 Å². The summed E-state index contributed by atoms with van der Waals surface area (Å²) < 4.78 is 12.6. The number of unbranched alkanes of at least 4 members (excludes halogenated alkanes) is 3. The Labute approximate surface area is 89.9 Å². The first kappa shape index (κ1) is 11.6. The monoisotopic (exact) mass is 212 g/mol. The zero-order valence-electron chi connectivity index (χ0n) is 8.63. The summed E-state index contributed by atoms with van der Waals surface area (Å²) in [6.07, 6.45) is 5.17. The van der Waals surface area contributed by atoms with Crippen molar-refractivity contribution in [3.05, 3.63) is 30.1 Å². The second-order valence-electron chi connectivity index (χ2n) is 3.36. The van der Waals surface area contributed by atoms with E-state index in [4.69, 9.17) is 0 Å². The lowest BCUT2D eigenvalue weighted by Crippen LogP contribution is -1.81. The van der Waals surface area contributed by atoms with Gasteiger partial charge in [-0.25, -0.2) is 4.39 Å². The van der Waals surface area contributed by atoms with Crippen LogP contribution in [0.3, 0.4) is 0 Å². The molecule has 0 aliphatic carbocycles. The Hall–Kier alpha value is -0.500. The van der Waals surface area contributed by atoms with Crippen LogP contribution in [0.4, 0.5) is 4.39 Å². The zero-order valence-corrected chi connectivity index (χ0v) is 9.45. The summed E-state index contributed by atoms with van der Waals surface area (Å²) in [4.78, 5) is 1.17. The molecule has 0 radical (unpaired) electrons. The smallest absolute Gasteiger partial charge is 0.123 e. The van der Waals surface area contributed by atoms with Crippen LogP contribution in [0.25, 0.3) is 0 Å². The molecule has 0 fully saturated rings. The van der Waals surface area contributed by atoms with Crippen molar-refractivity contribution in [2.45, 2.75) is 37.5 Å². The van der Waals surface area contributed by atoms with E-state index in [1.807, 2.05) is 23.9 Å². The van der Waals surface area contributed by atoms with Gasteiger partial charge in [-0.2, -0.15) is 0 Å². The number of thioether (sulfide) groups is 1. The lowest BCUT2D eigenvalue weighted by atomic mass is 10.2. The highest BCUT2D eigenvalue weighted by atomic mass is 32.2. The summed E-state index contributed by atoms with van der Waals surface area (Å²) in [5.41, 5.74) is 0. The van der Waals surface area contributed by atoms with Gasteiger partial charge in [0.05, 0.1) is 0 Å². The lowest BCUT2D eigenvalue weighted by molar-refractivity contribution is 0.626. The summed E-state index contributed by atoms with van der Waals surface area (Å²) >= 11 is 1.81. The largest absolute Gasteiger partial charge is 0.207 e. The van der Waals surface area contributed by atoms with Gasteiger partial charge in [0.1, 0.15) is 5.82 Å². The second kappa shape index (κ2) is 6.88. The maximum atomic E-state index is 12.6. The summed E-state index contributed by atoms with van der Waals surface area (Å²) in [6, 6.07) is 6.74. The number of benzene rings is 1. The molecule has 0 amide bonds. The minimum absolute atomic E-state index is 0.152. The zero-order chi connectivity index (χ0) is 10.2. The molecule has 2 heteroatoms. The lowest BCUT2D eigenvalue weighted by Gasteiger charge is -2.00. The highest BCUT2D eigenvalue weighted by Crippen LogP contribution is 2.19. The molecule has 14 heavy (non-hydrogen) atoms. The van der Waals surface area contributed by atoms with Crippen molar-refractivity contribution in [1.82, 2.24) is 0 Å². The fourth-order valence-electron chi connectivity index (χ4n) is 1.25. The average Bonchev–Trinajstić information content (AvgIpc) is 2.21. The third-order valence-electron chi connectivity index (χ3n) is 2.08. The van der Waals surface area contributed by atoms with Gasteiger partial charge >= 0.3 is 0 Å². The Kier molecular flexibility index (Phi) is 5.69. The van der Waals surface area contributed by atoms with Crippen molar-refractivity contribution < 1.29 is 4.39 Å². The van der Waals surface area contributed by atoms with E-state index in [2.05, 4.69) is 6.92 Å².